The Morgan fingerprint density at radius 2 is 1.78 bits per heavy atom. The molecule has 0 radical (unpaired) electrons. The Balaban J connectivity index is 1.54. The second-order valence-corrected chi connectivity index (χ2v) is 6.08. The van der Waals surface area contributed by atoms with E-state index in [-0.39, 0.29) is 6.61 Å². The number of fused-ring (bicyclic) bond motifs is 1. The van der Waals surface area contributed by atoms with E-state index in [1.165, 1.54) is 0 Å². The SMILES string of the molecule is COc1ccc2c(c1)N(CCN1CCN(CCO)CC1)CCO2. The molecule has 0 aromatic heterocycles. The second kappa shape index (κ2) is 7.86. The van der Waals surface area contributed by atoms with Crippen LogP contribution in [0.4, 0.5) is 5.69 Å². The Labute approximate surface area is 138 Å². The van der Waals surface area contributed by atoms with E-state index in [2.05, 4.69) is 20.8 Å². The van der Waals surface area contributed by atoms with Crippen LogP contribution in [0.15, 0.2) is 18.2 Å². The number of β-amino-alcohol motifs (C(OH)–C–C–N with tert-alkyl or cyclic N) is 1. The lowest BCUT2D eigenvalue weighted by molar-refractivity contribution is 0.114. The maximum absolute atomic E-state index is 9.01. The van der Waals surface area contributed by atoms with Gasteiger partial charge in [0.05, 0.1) is 25.9 Å². The summed E-state index contributed by atoms with van der Waals surface area (Å²) >= 11 is 0. The molecule has 0 unspecified atom stereocenters. The summed E-state index contributed by atoms with van der Waals surface area (Å²) in [7, 11) is 1.70. The highest BCUT2D eigenvalue weighted by Crippen LogP contribution is 2.34. The average molecular weight is 321 g/mol. The van der Waals surface area contributed by atoms with Gasteiger partial charge in [-0.2, -0.15) is 0 Å². The first kappa shape index (κ1) is 16.4. The van der Waals surface area contributed by atoms with E-state index in [9.17, 15) is 0 Å². The topological polar surface area (TPSA) is 48.4 Å². The summed E-state index contributed by atoms with van der Waals surface area (Å²) in [5, 5.41) is 9.01. The van der Waals surface area contributed by atoms with Crippen LogP contribution in [0.3, 0.4) is 0 Å². The highest BCUT2D eigenvalue weighted by atomic mass is 16.5. The lowest BCUT2D eigenvalue weighted by Gasteiger charge is -2.37. The molecule has 6 heteroatoms. The lowest BCUT2D eigenvalue weighted by Crippen LogP contribution is -2.49. The van der Waals surface area contributed by atoms with Gasteiger partial charge in [0.1, 0.15) is 18.1 Å². The van der Waals surface area contributed by atoms with Gasteiger partial charge in [0.25, 0.3) is 0 Å². The average Bonchev–Trinajstić information content (AvgIpc) is 2.61. The van der Waals surface area contributed by atoms with Crippen molar-refractivity contribution in [3.8, 4) is 11.5 Å². The molecule has 2 heterocycles. The van der Waals surface area contributed by atoms with Crippen LogP contribution in [0.1, 0.15) is 0 Å². The summed E-state index contributed by atoms with van der Waals surface area (Å²) in [5.74, 6) is 1.82. The molecule has 2 aliphatic rings. The zero-order chi connectivity index (χ0) is 16.1. The van der Waals surface area contributed by atoms with E-state index < -0.39 is 0 Å². The number of rotatable bonds is 6. The van der Waals surface area contributed by atoms with E-state index in [1.54, 1.807) is 7.11 Å². The maximum Gasteiger partial charge on any atom is 0.142 e. The predicted octanol–water partition coefficient (Wildman–Crippen LogP) is 0.504. The molecule has 1 aromatic carbocycles. The molecule has 3 rings (SSSR count). The van der Waals surface area contributed by atoms with Gasteiger partial charge in [-0.3, -0.25) is 9.80 Å². The smallest absolute Gasteiger partial charge is 0.142 e. The van der Waals surface area contributed by atoms with Crippen LogP contribution in [-0.2, 0) is 0 Å². The number of methoxy groups -OCH3 is 1. The van der Waals surface area contributed by atoms with E-state index in [1.807, 2.05) is 12.1 Å². The molecule has 1 aromatic rings. The highest BCUT2D eigenvalue weighted by Gasteiger charge is 2.21. The van der Waals surface area contributed by atoms with Gasteiger partial charge in [-0.1, -0.05) is 0 Å². The number of hydrogen-bond donors (Lipinski definition) is 1. The van der Waals surface area contributed by atoms with Crippen molar-refractivity contribution in [1.82, 2.24) is 9.80 Å². The first-order valence-electron chi connectivity index (χ1n) is 8.41. The molecule has 0 amide bonds. The van der Waals surface area contributed by atoms with Crippen LogP contribution >= 0.6 is 0 Å². The van der Waals surface area contributed by atoms with E-state index in [0.29, 0.717) is 0 Å². The summed E-state index contributed by atoms with van der Waals surface area (Å²) < 4.78 is 11.1. The number of hydrogen-bond acceptors (Lipinski definition) is 6. The highest BCUT2D eigenvalue weighted by molar-refractivity contribution is 5.62. The molecule has 1 N–H and O–H groups in total. The molecule has 0 bridgehead atoms. The number of aliphatic hydroxyl groups is 1. The Kier molecular flexibility index (Phi) is 5.59. The monoisotopic (exact) mass is 321 g/mol. The molecule has 0 spiro atoms. The van der Waals surface area contributed by atoms with Crippen LogP contribution in [0.25, 0.3) is 0 Å². The fourth-order valence-corrected chi connectivity index (χ4v) is 3.25. The zero-order valence-corrected chi connectivity index (χ0v) is 13.9. The van der Waals surface area contributed by atoms with Gasteiger partial charge >= 0.3 is 0 Å². The van der Waals surface area contributed by atoms with E-state index >= 15 is 0 Å². The van der Waals surface area contributed by atoms with Gasteiger partial charge in [0.2, 0.25) is 0 Å². The number of anilines is 1. The van der Waals surface area contributed by atoms with E-state index in [0.717, 1.165) is 76.2 Å². The largest absolute Gasteiger partial charge is 0.497 e. The molecule has 128 valence electrons. The quantitative estimate of drug-likeness (QED) is 0.824. The predicted molar refractivity (Wildman–Crippen MR) is 90.7 cm³/mol. The molecular weight excluding hydrogens is 294 g/mol. The Morgan fingerprint density at radius 1 is 1.04 bits per heavy atom. The van der Waals surface area contributed by atoms with Crippen molar-refractivity contribution < 1.29 is 14.6 Å². The Bertz CT molecular complexity index is 504. The molecule has 0 saturated carbocycles. The lowest BCUT2D eigenvalue weighted by atomic mass is 10.2. The third kappa shape index (κ3) is 4.07. The van der Waals surface area contributed by atoms with Crippen LogP contribution < -0.4 is 14.4 Å². The summed E-state index contributed by atoms with van der Waals surface area (Å²) in [5.41, 5.74) is 1.13. The minimum atomic E-state index is 0.256. The number of ether oxygens (including phenoxy) is 2. The van der Waals surface area contributed by atoms with Crippen LogP contribution in [0.2, 0.25) is 0 Å². The first-order valence-corrected chi connectivity index (χ1v) is 8.41. The van der Waals surface area contributed by atoms with Gasteiger partial charge in [0.15, 0.2) is 0 Å². The zero-order valence-electron chi connectivity index (χ0n) is 13.9. The summed E-state index contributed by atoms with van der Waals surface area (Å²) in [4.78, 5) is 7.22. The van der Waals surface area contributed by atoms with Crippen molar-refractivity contribution in [2.24, 2.45) is 0 Å². The number of nitrogens with zero attached hydrogens (tertiary/aromatic N) is 3. The minimum absolute atomic E-state index is 0.256. The van der Waals surface area contributed by atoms with Crippen molar-refractivity contribution in [3.05, 3.63) is 18.2 Å². The minimum Gasteiger partial charge on any atom is -0.497 e. The molecular formula is C17H27N3O3. The summed E-state index contributed by atoms with van der Waals surface area (Å²) in [6.07, 6.45) is 0. The molecule has 1 saturated heterocycles. The van der Waals surface area contributed by atoms with Gasteiger partial charge in [-0.25, -0.2) is 0 Å². The fourth-order valence-electron chi connectivity index (χ4n) is 3.25. The van der Waals surface area contributed by atoms with Crippen molar-refractivity contribution in [1.29, 1.82) is 0 Å². The maximum atomic E-state index is 9.01. The van der Waals surface area contributed by atoms with Gasteiger partial charge in [0, 0.05) is 51.9 Å². The fraction of sp³-hybridized carbons (Fsp3) is 0.647. The molecule has 6 nitrogen and oxygen atoms in total. The number of benzene rings is 1. The van der Waals surface area contributed by atoms with Crippen LogP contribution in [-0.4, -0.2) is 87.6 Å². The Morgan fingerprint density at radius 3 is 2.48 bits per heavy atom. The van der Waals surface area contributed by atoms with Crippen molar-refractivity contribution in [3.63, 3.8) is 0 Å². The number of aliphatic hydroxyl groups excluding tert-OH is 1. The van der Waals surface area contributed by atoms with Crippen molar-refractivity contribution in [2.45, 2.75) is 0 Å². The molecule has 1 fully saturated rings. The van der Waals surface area contributed by atoms with Crippen molar-refractivity contribution >= 4 is 5.69 Å². The summed E-state index contributed by atoms with van der Waals surface area (Å²) in [6.45, 7) is 9.03. The van der Waals surface area contributed by atoms with Gasteiger partial charge in [-0.15, -0.1) is 0 Å². The molecule has 23 heavy (non-hydrogen) atoms. The normalized spacial score (nSPS) is 19.3. The molecule has 2 aliphatic heterocycles. The van der Waals surface area contributed by atoms with Crippen LogP contribution in [0.5, 0.6) is 11.5 Å². The van der Waals surface area contributed by atoms with Crippen molar-refractivity contribution in [2.75, 3.05) is 77.6 Å². The standard InChI is InChI=1S/C17H27N3O3/c1-22-15-2-3-17-16(14-15)20(11-13-23-17)9-8-18-4-6-19(7-5-18)10-12-21/h2-3,14,21H,4-13H2,1H3. The van der Waals surface area contributed by atoms with Gasteiger partial charge in [-0.05, 0) is 12.1 Å². The Hall–Kier alpha value is -1.50. The van der Waals surface area contributed by atoms with E-state index in [4.69, 9.17) is 14.6 Å². The number of piperazine rings is 1. The third-order valence-corrected chi connectivity index (χ3v) is 4.69. The second-order valence-electron chi connectivity index (χ2n) is 6.08. The summed E-state index contributed by atoms with van der Waals surface area (Å²) in [6, 6.07) is 6.00. The first-order chi connectivity index (χ1) is 11.3. The molecule has 0 aliphatic carbocycles. The molecule has 0 atom stereocenters. The van der Waals surface area contributed by atoms with Crippen LogP contribution in [0, 0.1) is 0 Å². The third-order valence-electron chi connectivity index (χ3n) is 4.69. The van der Waals surface area contributed by atoms with Gasteiger partial charge < -0.3 is 19.5 Å².